The fourth-order valence-electron chi connectivity index (χ4n) is 3.15. The summed E-state index contributed by atoms with van der Waals surface area (Å²) >= 11 is 0. The molecule has 0 aromatic heterocycles. The Bertz CT molecular complexity index is 1020. The summed E-state index contributed by atoms with van der Waals surface area (Å²) in [4.78, 5) is 39.2. The van der Waals surface area contributed by atoms with E-state index in [0.717, 1.165) is 23.1 Å². The molecule has 0 aliphatic carbocycles. The van der Waals surface area contributed by atoms with Crippen LogP contribution >= 0.6 is 0 Å². The summed E-state index contributed by atoms with van der Waals surface area (Å²) in [6.07, 6.45) is 1.61. The summed E-state index contributed by atoms with van der Waals surface area (Å²) in [5.41, 5.74) is 1.42. The number of ether oxygens (including phenoxy) is 1. The van der Waals surface area contributed by atoms with Crippen LogP contribution in [-0.4, -0.2) is 49.2 Å². The van der Waals surface area contributed by atoms with Crippen LogP contribution in [0.3, 0.4) is 0 Å². The van der Waals surface area contributed by atoms with Gasteiger partial charge in [-0.05, 0) is 42.7 Å². The van der Waals surface area contributed by atoms with Crippen LogP contribution in [0.15, 0.2) is 48.5 Å². The van der Waals surface area contributed by atoms with E-state index >= 15 is 0 Å². The Hall–Kier alpha value is -3.00. The Kier molecular flexibility index (Phi) is 5.83. The van der Waals surface area contributed by atoms with Crippen molar-refractivity contribution in [2.75, 3.05) is 12.0 Å². The SMILES string of the molecule is CCc1ccc(OC(=O)C(CCS(C)(=O)=O)N2C(=O)c3ccccc3C2=O)cc1. The minimum Gasteiger partial charge on any atom is -0.425 e. The topological polar surface area (TPSA) is 97.8 Å². The van der Waals surface area contributed by atoms with E-state index in [9.17, 15) is 22.8 Å². The highest BCUT2D eigenvalue weighted by atomic mass is 32.2. The molecule has 0 spiro atoms. The molecular formula is C21H21NO6S. The third-order valence-corrected chi connectivity index (χ3v) is 5.70. The molecule has 0 bridgehead atoms. The van der Waals surface area contributed by atoms with Gasteiger partial charge in [0.2, 0.25) is 0 Å². The van der Waals surface area contributed by atoms with Crippen molar-refractivity contribution >= 4 is 27.6 Å². The minimum absolute atomic E-state index is 0.182. The third-order valence-electron chi connectivity index (χ3n) is 4.72. The first kappa shape index (κ1) is 20.7. The molecule has 7 nitrogen and oxygen atoms in total. The fourth-order valence-corrected chi connectivity index (χ4v) is 3.80. The highest BCUT2D eigenvalue weighted by molar-refractivity contribution is 7.90. The van der Waals surface area contributed by atoms with E-state index < -0.39 is 33.7 Å². The number of imide groups is 1. The summed E-state index contributed by atoms with van der Waals surface area (Å²) in [5.74, 6) is -2.24. The van der Waals surface area contributed by atoms with Crippen molar-refractivity contribution in [3.05, 3.63) is 65.2 Å². The number of hydrogen-bond donors (Lipinski definition) is 0. The van der Waals surface area contributed by atoms with Gasteiger partial charge in [0.25, 0.3) is 11.8 Å². The third kappa shape index (κ3) is 4.54. The smallest absolute Gasteiger partial charge is 0.334 e. The second kappa shape index (κ2) is 8.16. The van der Waals surface area contributed by atoms with Crippen molar-refractivity contribution in [1.82, 2.24) is 4.90 Å². The number of sulfone groups is 1. The average Bonchev–Trinajstić information content (AvgIpc) is 2.93. The van der Waals surface area contributed by atoms with E-state index in [1.807, 2.05) is 6.92 Å². The van der Waals surface area contributed by atoms with Crippen LogP contribution in [0.4, 0.5) is 0 Å². The van der Waals surface area contributed by atoms with Gasteiger partial charge in [0.1, 0.15) is 21.6 Å². The normalized spacial score (nSPS) is 14.6. The number of fused-ring (bicyclic) bond motifs is 1. The van der Waals surface area contributed by atoms with Gasteiger partial charge in [-0.25, -0.2) is 13.2 Å². The molecule has 0 saturated carbocycles. The number of rotatable bonds is 7. The number of carbonyl (C=O) groups excluding carboxylic acids is 3. The molecule has 29 heavy (non-hydrogen) atoms. The second-order valence-electron chi connectivity index (χ2n) is 6.88. The van der Waals surface area contributed by atoms with Gasteiger partial charge in [0.05, 0.1) is 16.9 Å². The van der Waals surface area contributed by atoms with Gasteiger partial charge in [-0.3, -0.25) is 14.5 Å². The van der Waals surface area contributed by atoms with Crippen molar-refractivity contribution in [3.63, 3.8) is 0 Å². The summed E-state index contributed by atoms with van der Waals surface area (Å²) in [5, 5.41) is 0. The van der Waals surface area contributed by atoms with Crippen LogP contribution in [0, 0.1) is 0 Å². The molecule has 2 aromatic carbocycles. The number of nitrogens with zero attached hydrogens (tertiary/aromatic N) is 1. The molecule has 0 saturated heterocycles. The quantitative estimate of drug-likeness (QED) is 0.391. The monoisotopic (exact) mass is 415 g/mol. The molecular weight excluding hydrogens is 394 g/mol. The lowest BCUT2D eigenvalue weighted by Crippen LogP contribution is -2.47. The largest absolute Gasteiger partial charge is 0.425 e. The number of esters is 1. The van der Waals surface area contributed by atoms with Crippen molar-refractivity contribution < 1.29 is 27.5 Å². The summed E-state index contributed by atoms with van der Waals surface area (Å²) in [6, 6.07) is 11.7. The van der Waals surface area contributed by atoms with Crippen molar-refractivity contribution in [2.45, 2.75) is 25.8 Å². The number of amides is 2. The maximum atomic E-state index is 12.9. The summed E-state index contributed by atoms with van der Waals surface area (Å²) in [7, 11) is -3.42. The van der Waals surface area contributed by atoms with Gasteiger partial charge >= 0.3 is 5.97 Å². The number of aryl methyl sites for hydroxylation is 1. The van der Waals surface area contributed by atoms with E-state index in [4.69, 9.17) is 4.74 Å². The number of hydrogen-bond acceptors (Lipinski definition) is 6. The Morgan fingerprint density at radius 1 is 1.00 bits per heavy atom. The van der Waals surface area contributed by atoms with Crippen LogP contribution in [0.5, 0.6) is 5.75 Å². The molecule has 1 heterocycles. The predicted octanol–water partition coefficient (Wildman–Crippen LogP) is 2.25. The molecule has 0 N–H and O–H groups in total. The van der Waals surface area contributed by atoms with Gasteiger partial charge in [-0.2, -0.15) is 0 Å². The molecule has 0 radical (unpaired) electrons. The molecule has 1 unspecified atom stereocenters. The fraction of sp³-hybridized carbons (Fsp3) is 0.286. The maximum absolute atomic E-state index is 12.9. The second-order valence-corrected chi connectivity index (χ2v) is 9.14. The lowest BCUT2D eigenvalue weighted by Gasteiger charge is -2.24. The lowest BCUT2D eigenvalue weighted by molar-refractivity contribution is -0.138. The van der Waals surface area contributed by atoms with Crippen LogP contribution in [0.2, 0.25) is 0 Å². The Morgan fingerprint density at radius 2 is 1.55 bits per heavy atom. The molecule has 2 amide bonds. The number of carbonyl (C=O) groups is 3. The van der Waals surface area contributed by atoms with Crippen LogP contribution < -0.4 is 4.74 Å². The summed E-state index contributed by atoms with van der Waals surface area (Å²) in [6.45, 7) is 1.99. The van der Waals surface area contributed by atoms with Crippen LogP contribution in [0.1, 0.15) is 39.6 Å². The maximum Gasteiger partial charge on any atom is 0.334 e. The van der Waals surface area contributed by atoms with E-state index in [0.29, 0.717) is 0 Å². The van der Waals surface area contributed by atoms with E-state index in [-0.39, 0.29) is 29.1 Å². The molecule has 1 aliphatic heterocycles. The highest BCUT2D eigenvalue weighted by Gasteiger charge is 2.43. The zero-order valence-electron chi connectivity index (χ0n) is 16.1. The van der Waals surface area contributed by atoms with Gasteiger partial charge in [-0.1, -0.05) is 31.2 Å². The molecule has 0 fully saturated rings. The van der Waals surface area contributed by atoms with Crippen LogP contribution in [-0.2, 0) is 21.1 Å². The van der Waals surface area contributed by atoms with Gasteiger partial charge < -0.3 is 4.74 Å². The standard InChI is InChI=1S/C21H21NO6S/c1-3-14-8-10-15(11-9-14)28-21(25)18(12-13-29(2,26)27)22-19(23)16-6-4-5-7-17(16)20(22)24/h4-11,18H,3,12-13H2,1-2H3. The Morgan fingerprint density at radius 3 is 2.03 bits per heavy atom. The Labute approximate surface area is 169 Å². The first-order valence-corrected chi connectivity index (χ1v) is 11.2. The predicted molar refractivity (Wildman–Crippen MR) is 107 cm³/mol. The zero-order chi connectivity index (χ0) is 21.2. The molecule has 1 aliphatic rings. The summed E-state index contributed by atoms with van der Waals surface area (Å²) < 4.78 is 28.7. The van der Waals surface area contributed by atoms with Crippen molar-refractivity contribution in [2.24, 2.45) is 0 Å². The van der Waals surface area contributed by atoms with Gasteiger partial charge in [0, 0.05) is 6.26 Å². The van der Waals surface area contributed by atoms with Gasteiger partial charge in [0.15, 0.2) is 0 Å². The Balaban J connectivity index is 1.89. The molecule has 1 atom stereocenters. The van der Waals surface area contributed by atoms with Crippen molar-refractivity contribution in [1.29, 1.82) is 0 Å². The zero-order valence-corrected chi connectivity index (χ0v) is 16.9. The molecule has 8 heteroatoms. The highest BCUT2D eigenvalue weighted by Crippen LogP contribution is 2.27. The van der Waals surface area contributed by atoms with Crippen LogP contribution in [0.25, 0.3) is 0 Å². The number of benzene rings is 2. The van der Waals surface area contributed by atoms with Crippen molar-refractivity contribution in [3.8, 4) is 5.75 Å². The van der Waals surface area contributed by atoms with E-state index in [1.165, 1.54) is 12.1 Å². The van der Waals surface area contributed by atoms with Gasteiger partial charge in [-0.15, -0.1) is 0 Å². The molecule has 152 valence electrons. The average molecular weight is 415 g/mol. The first-order valence-electron chi connectivity index (χ1n) is 9.16. The first-order chi connectivity index (χ1) is 13.7. The van der Waals surface area contributed by atoms with E-state index in [1.54, 1.807) is 36.4 Å². The lowest BCUT2D eigenvalue weighted by atomic mass is 10.1. The minimum atomic E-state index is -3.42. The molecule has 2 aromatic rings. The van der Waals surface area contributed by atoms with E-state index in [2.05, 4.69) is 0 Å². The molecule has 3 rings (SSSR count).